The Kier molecular flexibility index (Phi) is 6.36. The van der Waals surface area contributed by atoms with Crippen molar-refractivity contribution in [3.8, 4) is 0 Å². The molecular weight excluding hydrogens is 240 g/mol. The van der Waals surface area contributed by atoms with Crippen molar-refractivity contribution in [1.29, 1.82) is 0 Å². The Bertz CT molecular complexity index is 388. The monoisotopic (exact) mass is 264 g/mol. The van der Waals surface area contributed by atoms with Crippen LogP contribution in [-0.4, -0.2) is 25.7 Å². The normalized spacial score (nSPS) is 12.3. The van der Waals surface area contributed by atoms with Crippen LogP contribution in [0.2, 0.25) is 0 Å². The summed E-state index contributed by atoms with van der Waals surface area (Å²) < 4.78 is 4.76. The third kappa shape index (κ3) is 6.25. The zero-order chi connectivity index (χ0) is 14.3. The van der Waals surface area contributed by atoms with E-state index in [0.29, 0.717) is 12.0 Å². The molecule has 0 aliphatic carbocycles. The molecule has 106 valence electrons. The highest BCUT2D eigenvalue weighted by Gasteiger charge is 2.05. The van der Waals surface area contributed by atoms with Gasteiger partial charge in [0.15, 0.2) is 0 Å². The van der Waals surface area contributed by atoms with E-state index in [0.717, 1.165) is 17.8 Å². The van der Waals surface area contributed by atoms with Gasteiger partial charge in [0, 0.05) is 24.5 Å². The van der Waals surface area contributed by atoms with Crippen LogP contribution >= 0.6 is 0 Å². The molecule has 0 aliphatic heterocycles. The van der Waals surface area contributed by atoms with Crippen LogP contribution in [0, 0.1) is 5.92 Å². The lowest BCUT2D eigenvalue weighted by molar-refractivity contribution is -0.119. The van der Waals surface area contributed by atoms with E-state index in [9.17, 15) is 4.79 Å². The van der Waals surface area contributed by atoms with E-state index < -0.39 is 0 Å². The molecule has 1 rings (SSSR count). The van der Waals surface area contributed by atoms with Crippen molar-refractivity contribution in [1.82, 2.24) is 0 Å². The lowest BCUT2D eigenvalue weighted by Crippen LogP contribution is -2.18. The number of carbonyl (C=O) groups excluding carboxylic acids is 1. The molecule has 0 spiro atoms. The van der Waals surface area contributed by atoms with Crippen LogP contribution in [0.4, 0.5) is 11.4 Å². The highest BCUT2D eigenvalue weighted by Crippen LogP contribution is 2.16. The van der Waals surface area contributed by atoms with Crippen LogP contribution in [0.1, 0.15) is 27.2 Å². The summed E-state index contributed by atoms with van der Waals surface area (Å²) in [5, 5.41) is 6.21. The first-order valence-corrected chi connectivity index (χ1v) is 6.66. The Morgan fingerprint density at radius 1 is 1.16 bits per heavy atom. The fraction of sp³-hybridized carbons (Fsp3) is 0.533. The summed E-state index contributed by atoms with van der Waals surface area (Å²) in [5.74, 6) is 0.534. The second-order valence-electron chi connectivity index (χ2n) is 5.23. The maximum atomic E-state index is 11.3. The van der Waals surface area contributed by atoms with Gasteiger partial charge in [-0.3, -0.25) is 4.79 Å². The fourth-order valence-corrected chi connectivity index (χ4v) is 2.03. The number of ether oxygens (including phenoxy) is 1. The molecule has 4 heteroatoms. The summed E-state index contributed by atoms with van der Waals surface area (Å²) in [7, 11) is 1.50. The molecule has 0 saturated heterocycles. The van der Waals surface area contributed by atoms with E-state index in [1.807, 2.05) is 24.3 Å². The molecule has 0 fully saturated rings. The lowest BCUT2D eigenvalue weighted by atomic mass is 10.1. The Morgan fingerprint density at radius 2 is 1.74 bits per heavy atom. The molecule has 1 aromatic carbocycles. The third-order valence-electron chi connectivity index (χ3n) is 2.68. The van der Waals surface area contributed by atoms with Gasteiger partial charge in [-0.1, -0.05) is 13.8 Å². The average molecular weight is 264 g/mol. The summed E-state index contributed by atoms with van der Waals surface area (Å²) in [6.45, 7) is 6.68. The number of hydrogen-bond donors (Lipinski definition) is 2. The molecule has 0 aromatic heterocycles. The largest absolute Gasteiger partial charge is 0.383 e. The van der Waals surface area contributed by atoms with E-state index >= 15 is 0 Å². The first-order chi connectivity index (χ1) is 9.01. The Labute approximate surface area is 115 Å². The maximum Gasteiger partial charge on any atom is 0.250 e. The van der Waals surface area contributed by atoms with Crippen molar-refractivity contribution in [3.05, 3.63) is 24.3 Å². The molecule has 0 radical (unpaired) electrons. The lowest BCUT2D eigenvalue weighted by Gasteiger charge is -2.17. The van der Waals surface area contributed by atoms with E-state index in [1.165, 1.54) is 7.11 Å². The quantitative estimate of drug-likeness (QED) is 0.795. The number of nitrogens with one attached hydrogen (secondary N) is 2. The Balaban J connectivity index is 2.49. The van der Waals surface area contributed by atoms with E-state index in [4.69, 9.17) is 4.74 Å². The SMILES string of the molecule is COCC(=O)Nc1ccc(NC(C)CC(C)C)cc1. The van der Waals surface area contributed by atoms with Crippen LogP contribution in [-0.2, 0) is 9.53 Å². The molecule has 1 unspecified atom stereocenters. The topological polar surface area (TPSA) is 50.4 Å². The molecular formula is C15H24N2O2. The second-order valence-corrected chi connectivity index (χ2v) is 5.23. The van der Waals surface area contributed by atoms with Gasteiger partial charge in [0.1, 0.15) is 6.61 Å². The molecule has 0 saturated carbocycles. The summed E-state index contributed by atoms with van der Waals surface area (Å²) in [5.41, 5.74) is 1.85. The number of amides is 1. The zero-order valence-corrected chi connectivity index (χ0v) is 12.2. The molecule has 19 heavy (non-hydrogen) atoms. The van der Waals surface area contributed by atoms with Gasteiger partial charge in [-0.2, -0.15) is 0 Å². The molecule has 0 heterocycles. The van der Waals surface area contributed by atoms with Gasteiger partial charge in [0.2, 0.25) is 5.91 Å². The minimum Gasteiger partial charge on any atom is -0.383 e. The molecule has 1 aromatic rings. The highest BCUT2D eigenvalue weighted by atomic mass is 16.5. The minimum atomic E-state index is -0.142. The summed E-state index contributed by atoms with van der Waals surface area (Å²) in [6, 6.07) is 8.16. The number of anilines is 2. The van der Waals surface area contributed by atoms with Crippen molar-refractivity contribution in [2.75, 3.05) is 24.4 Å². The number of methoxy groups -OCH3 is 1. The smallest absolute Gasteiger partial charge is 0.250 e. The number of benzene rings is 1. The van der Waals surface area contributed by atoms with Gasteiger partial charge in [-0.05, 0) is 43.5 Å². The van der Waals surface area contributed by atoms with Gasteiger partial charge in [-0.25, -0.2) is 0 Å². The number of rotatable bonds is 7. The van der Waals surface area contributed by atoms with Gasteiger partial charge >= 0.3 is 0 Å². The van der Waals surface area contributed by atoms with Crippen molar-refractivity contribution in [2.45, 2.75) is 33.2 Å². The molecule has 0 bridgehead atoms. The zero-order valence-electron chi connectivity index (χ0n) is 12.2. The summed E-state index contributed by atoms with van der Waals surface area (Å²) in [4.78, 5) is 11.3. The molecule has 0 aliphatic rings. The molecule has 2 N–H and O–H groups in total. The summed E-state index contributed by atoms with van der Waals surface area (Å²) >= 11 is 0. The third-order valence-corrected chi connectivity index (χ3v) is 2.68. The minimum absolute atomic E-state index is 0.0748. The number of carbonyl (C=O) groups is 1. The van der Waals surface area contributed by atoms with Gasteiger partial charge in [0.05, 0.1) is 0 Å². The predicted octanol–water partition coefficient (Wildman–Crippen LogP) is 3.12. The highest BCUT2D eigenvalue weighted by molar-refractivity contribution is 5.91. The van der Waals surface area contributed by atoms with E-state index in [-0.39, 0.29) is 12.5 Å². The van der Waals surface area contributed by atoms with E-state index in [1.54, 1.807) is 0 Å². The van der Waals surface area contributed by atoms with Crippen molar-refractivity contribution >= 4 is 17.3 Å². The van der Waals surface area contributed by atoms with Crippen LogP contribution in [0.25, 0.3) is 0 Å². The van der Waals surface area contributed by atoms with Crippen LogP contribution in [0.15, 0.2) is 24.3 Å². The fourth-order valence-electron chi connectivity index (χ4n) is 2.03. The van der Waals surface area contributed by atoms with Crippen molar-refractivity contribution in [2.24, 2.45) is 5.92 Å². The predicted molar refractivity (Wildman–Crippen MR) is 79.5 cm³/mol. The van der Waals surface area contributed by atoms with Gasteiger partial charge in [0.25, 0.3) is 0 Å². The van der Waals surface area contributed by atoms with Crippen LogP contribution in [0.3, 0.4) is 0 Å². The molecule has 1 amide bonds. The Morgan fingerprint density at radius 3 is 2.26 bits per heavy atom. The standard InChI is InChI=1S/C15H24N2O2/c1-11(2)9-12(3)16-13-5-7-14(8-6-13)17-15(18)10-19-4/h5-8,11-12,16H,9-10H2,1-4H3,(H,17,18). The van der Waals surface area contributed by atoms with Crippen LogP contribution < -0.4 is 10.6 Å². The molecule has 4 nitrogen and oxygen atoms in total. The van der Waals surface area contributed by atoms with Gasteiger partial charge in [-0.15, -0.1) is 0 Å². The maximum absolute atomic E-state index is 11.3. The Hall–Kier alpha value is -1.55. The van der Waals surface area contributed by atoms with Crippen molar-refractivity contribution < 1.29 is 9.53 Å². The second kappa shape index (κ2) is 7.79. The summed E-state index contributed by atoms with van der Waals surface area (Å²) in [6.07, 6.45) is 1.13. The first kappa shape index (κ1) is 15.5. The van der Waals surface area contributed by atoms with Crippen LogP contribution in [0.5, 0.6) is 0 Å². The first-order valence-electron chi connectivity index (χ1n) is 6.66. The van der Waals surface area contributed by atoms with E-state index in [2.05, 4.69) is 31.4 Å². The average Bonchev–Trinajstić information content (AvgIpc) is 2.31. The molecule has 1 atom stereocenters. The number of hydrogen-bond acceptors (Lipinski definition) is 3. The van der Waals surface area contributed by atoms with Crippen molar-refractivity contribution in [3.63, 3.8) is 0 Å². The van der Waals surface area contributed by atoms with Gasteiger partial charge < -0.3 is 15.4 Å².